The van der Waals surface area contributed by atoms with E-state index in [1.54, 1.807) is 12.0 Å². The zero-order chi connectivity index (χ0) is 15.1. The number of hydrogen-bond donors (Lipinski definition) is 1. The lowest BCUT2D eigenvalue weighted by Gasteiger charge is -2.12. The summed E-state index contributed by atoms with van der Waals surface area (Å²) in [7, 11) is 1.64. The third-order valence-corrected chi connectivity index (χ3v) is 4.87. The molecule has 0 unspecified atom stereocenters. The quantitative estimate of drug-likeness (QED) is 0.862. The molecule has 0 spiro atoms. The van der Waals surface area contributed by atoms with Gasteiger partial charge in [-0.25, -0.2) is 0 Å². The Morgan fingerprint density at radius 2 is 1.95 bits per heavy atom. The van der Waals surface area contributed by atoms with E-state index in [0.29, 0.717) is 0 Å². The number of carbonyl (C=O) groups is 1. The highest BCUT2D eigenvalue weighted by molar-refractivity contribution is 8.05. The molecule has 0 saturated carbocycles. The molecule has 1 atom stereocenters. The van der Waals surface area contributed by atoms with E-state index in [-0.39, 0.29) is 11.4 Å². The Morgan fingerprint density at radius 3 is 2.82 bits per heavy atom. The summed E-state index contributed by atoms with van der Waals surface area (Å²) in [6.45, 7) is 0. The third-order valence-electron chi connectivity index (χ3n) is 3.77. The highest BCUT2D eigenvalue weighted by Gasteiger charge is 2.42. The first-order valence-corrected chi connectivity index (χ1v) is 7.86. The average molecular weight is 310 g/mol. The predicted octanol–water partition coefficient (Wildman–Crippen LogP) is 3.53. The first kappa shape index (κ1) is 13.3. The first-order valence-electron chi connectivity index (χ1n) is 6.98. The van der Waals surface area contributed by atoms with Gasteiger partial charge < -0.3 is 10.1 Å². The minimum atomic E-state index is -0.0640. The van der Waals surface area contributed by atoms with E-state index in [0.717, 1.165) is 27.6 Å². The number of carbonyl (C=O) groups excluding carboxylic acids is 1. The van der Waals surface area contributed by atoms with E-state index in [2.05, 4.69) is 5.32 Å². The van der Waals surface area contributed by atoms with Gasteiger partial charge >= 0.3 is 0 Å². The summed E-state index contributed by atoms with van der Waals surface area (Å²) >= 11 is 1.53. The van der Waals surface area contributed by atoms with Gasteiger partial charge in [0.25, 0.3) is 5.91 Å². The van der Waals surface area contributed by atoms with Crippen LogP contribution in [0.25, 0.3) is 6.08 Å². The average Bonchev–Trinajstić information content (AvgIpc) is 3.05. The zero-order valence-corrected chi connectivity index (χ0v) is 12.8. The lowest BCUT2D eigenvalue weighted by molar-refractivity contribution is -0.114. The molecule has 22 heavy (non-hydrogen) atoms. The first-order chi connectivity index (χ1) is 10.8. The monoisotopic (exact) mass is 310 g/mol. The van der Waals surface area contributed by atoms with Gasteiger partial charge in [0.05, 0.1) is 23.4 Å². The Balaban J connectivity index is 1.70. The number of ether oxygens (including phenoxy) is 1. The molecule has 1 N–H and O–H groups in total. The van der Waals surface area contributed by atoms with Crippen molar-refractivity contribution in [2.24, 2.45) is 0 Å². The molecule has 0 aliphatic carbocycles. The minimum absolute atomic E-state index is 0.0263. The second kappa shape index (κ2) is 5.10. The maximum Gasteiger partial charge on any atom is 0.267 e. The highest BCUT2D eigenvalue weighted by atomic mass is 32.2. The Morgan fingerprint density at radius 1 is 1.18 bits per heavy atom. The number of benzene rings is 2. The molecule has 4 nitrogen and oxygen atoms in total. The fraction of sp³-hybridized carbons (Fsp3) is 0.118. The van der Waals surface area contributed by atoms with Gasteiger partial charge in [-0.15, -0.1) is 0 Å². The topological polar surface area (TPSA) is 41.6 Å². The molecule has 110 valence electrons. The molecule has 0 aromatic heterocycles. The van der Waals surface area contributed by atoms with Crippen LogP contribution in [0, 0.1) is 0 Å². The van der Waals surface area contributed by atoms with Crippen molar-refractivity contribution in [1.29, 1.82) is 0 Å². The molecular formula is C17H14N2O2S. The summed E-state index contributed by atoms with van der Waals surface area (Å²) in [5.74, 6) is 0.794. The van der Waals surface area contributed by atoms with Crippen LogP contribution in [0.3, 0.4) is 0 Å². The van der Waals surface area contributed by atoms with Crippen molar-refractivity contribution in [3.8, 4) is 5.75 Å². The van der Waals surface area contributed by atoms with Crippen molar-refractivity contribution in [2.75, 3.05) is 17.3 Å². The second-order valence-corrected chi connectivity index (χ2v) is 6.18. The molecule has 2 heterocycles. The minimum Gasteiger partial charge on any atom is -0.496 e. The van der Waals surface area contributed by atoms with Crippen LogP contribution >= 0.6 is 11.8 Å². The summed E-state index contributed by atoms with van der Waals surface area (Å²) in [5, 5.41) is 3.37. The molecular weight excluding hydrogens is 296 g/mol. The number of thioether (sulfide) groups is 1. The molecule has 1 saturated heterocycles. The van der Waals surface area contributed by atoms with Crippen LogP contribution < -0.4 is 15.0 Å². The van der Waals surface area contributed by atoms with Gasteiger partial charge in [0.1, 0.15) is 5.75 Å². The summed E-state index contributed by atoms with van der Waals surface area (Å²) in [4.78, 5) is 15.2. The number of methoxy groups -OCH3 is 1. The Labute approximate surface area is 132 Å². The van der Waals surface area contributed by atoms with Crippen LogP contribution in [0.5, 0.6) is 5.75 Å². The molecule has 5 heteroatoms. The van der Waals surface area contributed by atoms with Gasteiger partial charge in [-0.05, 0) is 24.3 Å². The third kappa shape index (κ3) is 1.97. The summed E-state index contributed by atoms with van der Waals surface area (Å²) in [6, 6.07) is 15.6. The van der Waals surface area contributed by atoms with Gasteiger partial charge in [-0.3, -0.25) is 9.69 Å². The van der Waals surface area contributed by atoms with Crippen LogP contribution in [0.2, 0.25) is 0 Å². The molecule has 2 aliphatic rings. The number of rotatable bonds is 2. The van der Waals surface area contributed by atoms with Crippen molar-refractivity contribution < 1.29 is 9.53 Å². The number of nitrogens with zero attached hydrogens (tertiary/aromatic N) is 1. The fourth-order valence-corrected chi connectivity index (χ4v) is 3.88. The van der Waals surface area contributed by atoms with Gasteiger partial charge in [-0.1, -0.05) is 42.1 Å². The van der Waals surface area contributed by atoms with Crippen LogP contribution in [0.1, 0.15) is 5.56 Å². The number of anilines is 2. The van der Waals surface area contributed by atoms with Crippen molar-refractivity contribution in [1.82, 2.24) is 0 Å². The lowest BCUT2D eigenvalue weighted by atomic mass is 10.2. The maximum atomic E-state index is 12.7. The van der Waals surface area contributed by atoms with E-state index in [1.165, 1.54) is 11.8 Å². The maximum absolute atomic E-state index is 12.7. The summed E-state index contributed by atoms with van der Waals surface area (Å²) < 4.78 is 5.35. The summed E-state index contributed by atoms with van der Waals surface area (Å²) in [5.41, 5.74) is 2.79. The second-order valence-electron chi connectivity index (χ2n) is 5.06. The van der Waals surface area contributed by atoms with E-state index in [1.807, 2.05) is 54.6 Å². The van der Waals surface area contributed by atoms with Crippen molar-refractivity contribution >= 4 is 35.1 Å². The van der Waals surface area contributed by atoms with E-state index in [9.17, 15) is 4.79 Å². The molecule has 2 aromatic carbocycles. The van der Waals surface area contributed by atoms with E-state index >= 15 is 0 Å². The van der Waals surface area contributed by atoms with Gasteiger partial charge in [0, 0.05) is 5.56 Å². The van der Waals surface area contributed by atoms with Crippen LogP contribution in [0.15, 0.2) is 53.4 Å². The van der Waals surface area contributed by atoms with Crippen molar-refractivity contribution in [3.63, 3.8) is 0 Å². The van der Waals surface area contributed by atoms with E-state index < -0.39 is 0 Å². The highest BCUT2D eigenvalue weighted by Crippen LogP contribution is 2.47. The molecule has 0 bridgehead atoms. The van der Waals surface area contributed by atoms with Crippen LogP contribution in [-0.4, -0.2) is 18.5 Å². The molecule has 1 fully saturated rings. The number of hydrogen-bond acceptors (Lipinski definition) is 4. The van der Waals surface area contributed by atoms with Gasteiger partial charge in [-0.2, -0.15) is 0 Å². The summed E-state index contributed by atoms with van der Waals surface area (Å²) in [6.07, 6.45) is 1.90. The molecule has 0 radical (unpaired) electrons. The predicted molar refractivity (Wildman–Crippen MR) is 89.9 cm³/mol. The fourth-order valence-electron chi connectivity index (χ4n) is 2.74. The number of fused-ring (bicyclic) bond motifs is 3. The van der Waals surface area contributed by atoms with Gasteiger partial charge in [0.2, 0.25) is 0 Å². The van der Waals surface area contributed by atoms with Crippen molar-refractivity contribution in [2.45, 2.75) is 5.50 Å². The lowest BCUT2D eigenvalue weighted by Crippen LogP contribution is -2.31. The van der Waals surface area contributed by atoms with Crippen molar-refractivity contribution in [3.05, 3.63) is 59.0 Å². The smallest absolute Gasteiger partial charge is 0.267 e. The largest absolute Gasteiger partial charge is 0.496 e. The number of para-hydroxylation sites is 3. The standard InChI is InChI=1S/C17H14N2O2S/c1-21-14-9-5-2-6-11(14)10-15-16(20)19-13-8-4-3-7-12(13)18-17(19)22-15/h2-10,17-18H,1H3/b15-10-/t17-/m0/s1. The normalized spacial score (nSPS) is 20.8. The zero-order valence-electron chi connectivity index (χ0n) is 11.9. The Hall–Kier alpha value is -2.40. The van der Waals surface area contributed by atoms with Gasteiger partial charge in [0.15, 0.2) is 5.50 Å². The van der Waals surface area contributed by atoms with Crippen LogP contribution in [-0.2, 0) is 4.79 Å². The Kier molecular flexibility index (Phi) is 3.08. The molecule has 4 rings (SSSR count). The van der Waals surface area contributed by atoms with Crippen LogP contribution in [0.4, 0.5) is 11.4 Å². The number of amides is 1. The molecule has 1 amide bonds. The molecule has 2 aliphatic heterocycles. The SMILES string of the molecule is COc1ccccc1/C=C1\S[C@H]2Nc3ccccc3N2C1=O. The number of nitrogens with one attached hydrogen (secondary N) is 1. The Bertz CT molecular complexity index is 788. The van der Waals surface area contributed by atoms with E-state index in [4.69, 9.17) is 4.74 Å². The molecule has 2 aromatic rings.